The SMILES string of the molecule is CC(C)n1nccc1NC(=O)[C@@H](C)OC(=O)C[C@H]1Sc2ccccc2NC1=O. The van der Waals surface area contributed by atoms with Gasteiger partial charge in [-0.25, -0.2) is 4.68 Å². The Bertz CT molecular complexity index is 896. The molecule has 2 aromatic rings. The van der Waals surface area contributed by atoms with E-state index in [9.17, 15) is 14.4 Å². The first-order chi connectivity index (χ1) is 13.3. The van der Waals surface area contributed by atoms with Gasteiger partial charge in [0.05, 0.1) is 23.6 Å². The van der Waals surface area contributed by atoms with Crippen LogP contribution in [0.15, 0.2) is 41.4 Å². The molecule has 0 bridgehead atoms. The van der Waals surface area contributed by atoms with Gasteiger partial charge in [-0.2, -0.15) is 5.10 Å². The molecule has 9 heteroatoms. The van der Waals surface area contributed by atoms with Crippen LogP contribution in [0.2, 0.25) is 0 Å². The number of rotatable bonds is 6. The Kier molecular flexibility index (Phi) is 6.03. The van der Waals surface area contributed by atoms with Crippen molar-refractivity contribution >= 4 is 41.1 Å². The average Bonchev–Trinajstić information content (AvgIpc) is 3.10. The lowest BCUT2D eigenvalue weighted by molar-refractivity contribution is -0.153. The summed E-state index contributed by atoms with van der Waals surface area (Å²) >= 11 is 1.31. The monoisotopic (exact) mass is 402 g/mol. The van der Waals surface area contributed by atoms with Gasteiger partial charge in [-0.05, 0) is 32.9 Å². The van der Waals surface area contributed by atoms with Crippen LogP contribution in [0.5, 0.6) is 0 Å². The molecule has 148 valence electrons. The van der Waals surface area contributed by atoms with Crippen molar-refractivity contribution in [2.24, 2.45) is 0 Å². The fourth-order valence-corrected chi connectivity index (χ4v) is 3.82. The number of hydrogen-bond acceptors (Lipinski definition) is 6. The number of nitrogens with one attached hydrogen (secondary N) is 2. The van der Waals surface area contributed by atoms with Crippen molar-refractivity contribution in [2.75, 3.05) is 10.6 Å². The van der Waals surface area contributed by atoms with Gasteiger partial charge in [0.25, 0.3) is 5.91 Å². The molecular weight excluding hydrogens is 380 g/mol. The first kappa shape index (κ1) is 19.9. The highest BCUT2D eigenvalue weighted by atomic mass is 32.2. The molecule has 2 atom stereocenters. The van der Waals surface area contributed by atoms with E-state index in [1.165, 1.54) is 18.7 Å². The van der Waals surface area contributed by atoms with Crippen LogP contribution in [0.4, 0.5) is 11.5 Å². The van der Waals surface area contributed by atoms with Gasteiger partial charge < -0.3 is 15.4 Å². The first-order valence-corrected chi connectivity index (χ1v) is 9.83. The third-order valence-electron chi connectivity index (χ3n) is 4.15. The van der Waals surface area contributed by atoms with Crippen LogP contribution < -0.4 is 10.6 Å². The van der Waals surface area contributed by atoms with Gasteiger partial charge in [0, 0.05) is 17.0 Å². The molecule has 0 saturated heterocycles. The van der Waals surface area contributed by atoms with E-state index in [0.29, 0.717) is 5.82 Å². The van der Waals surface area contributed by atoms with Crippen LogP contribution in [0.1, 0.15) is 33.2 Å². The highest BCUT2D eigenvalue weighted by Gasteiger charge is 2.30. The second-order valence-corrected chi connectivity index (χ2v) is 7.92. The van der Waals surface area contributed by atoms with Crippen LogP contribution >= 0.6 is 11.8 Å². The van der Waals surface area contributed by atoms with Crippen molar-refractivity contribution in [2.45, 2.75) is 49.5 Å². The molecule has 0 radical (unpaired) electrons. The summed E-state index contributed by atoms with van der Waals surface area (Å²) in [7, 11) is 0. The van der Waals surface area contributed by atoms with Crippen LogP contribution in [-0.4, -0.2) is 38.9 Å². The van der Waals surface area contributed by atoms with Gasteiger partial charge in [0.2, 0.25) is 5.91 Å². The minimum Gasteiger partial charge on any atom is -0.452 e. The largest absolute Gasteiger partial charge is 0.452 e. The summed E-state index contributed by atoms with van der Waals surface area (Å²) in [6.45, 7) is 5.38. The molecule has 1 aliphatic rings. The van der Waals surface area contributed by atoms with E-state index in [-0.39, 0.29) is 18.4 Å². The molecule has 1 aliphatic heterocycles. The zero-order valence-corrected chi connectivity index (χ0v) is 16.7. The number of nitrogens with zero attached hydrogens (tertiary/aromatic N) is 2. The molecule has 1 aromatic heterocycles. The average molecular weight is 402 g/mol. The molecule has 8 nitrogen and oxygen atoms in total. The Morgan fingerprint density at radius 3 is 2.79 bits per heavy atom. The summed E-state index contributed by atoms with van der Waals surface area (Å²) in [6.07, 6.45) is 0.474. The Morgan fingerprint density at radius 1 is 1.29 bits per heavy atom. The summed E-state index contributed by atoms with van der Waals surface area (Å²) in [4.78, 5) is 37.7. The van der Waals surface area contributed by atoms with Gasteiger partial charge in [-0.3, -0.25) is 14.4 Å². The number of anilines is 2. The zero-order valence-electron chi connectivity index (χ0n) is 15.8. The molecule has 0 unspecified atom stereocenters. The molecule has 3 rings (SSSR count). The van der Waals surface area contributed by atoms with Gasteiger partial charge in [-0.1, -0.05) is 12.1 Å². The van der Waals surface area contributed by atoms with Gasteiger partial charge in [0.1, 0.15) is 5.82 Å². The van der Waals surface area contributed by atoms with Crippen molar-refractivity contribution in [1.82, 2.24) is 9.78 Å². The topological polar surface area (TPSA) is 102 Å². The van der Waals surface area contributed by atoms with Gasteiger partial charge in [0.15, 0.2) is 6.10 Å². The predicted octanol–water partition coefficient (Wildman–Crippen LogP) is 2.84. The molecule has 28 heavy (non-hydrogen) atoms. The molecular formula is C19H22N4O4S. The lowest BCUT2D eigenvalue weighted by Gasteiger charge is -2.23. The molecule has 0 fully saturated rings. The second kappa shape index (κ2) is 8.47. The minimum atomic E-state index is -0.994. The normalized spacial score (nSPS) is 16.9. The highest BCUT2D eigenvalue weighted by Crippen LogP contribution is 2.36. The Hall–Kier alpha value is -2.81. The maximum absolute atomic E-state index is 12.3. The first-order valence-electron chi connectivity index (χ1n) is 8.95. The Labute approximate surface area is 167 Å². The number of para-hydroxylation sites is 1. The Balaban J connectivity index is 1.55. The van der Waals surface area contributed by atoms with E-state index in [0.717, 1.165) is 10.6 Å². The van der Waals surface area contributed by atoms with E-state index >= 15 is 0 Å². The summed E-state index contributed by atoms with van der Waals surface area (Å²) in [5.41, 5.74) is 0.733. The molecule has 0 spiro atoms. The number of ether oxygens (including phenoxy) is 1. The third kappa shape index (κ3) is 4.53. The summed E-state index contributed by atoms with van der Waals surface area (Å²) in [6, 6.07) is 9.14. The number of carbonyl (C=O) groups excluding carboxylic acids is 3. The van der Waals surface area contributed by atoms with Crippen LogP contribution in [0.3, 0.4) is 0 Å². The van der Waals surface area contributed by atoms with Crippen molar-refractivity contribution < 1.29 is 19.1 Å². The number of fused-ring (bicyclic) bond motifs is 1. The van der Waals surface area contributed by atoms with E-state index in [1.807, 2.05) is 38.1 Å². The zero-order chi connectivity index (χ0) is 20.3. The van der Waals surface area contributed by atoms with Crippen LogP contribution in [-0.2, 0) is 19.1 Å². The quantitative estimate of drug-likeness (QED) is 0.721. The van der Waals surface area contributed by atoms with Crippen LogP contribution in [0, 0.1) is 0 Å². The number of esters is 1. The lowest BCUT2D eigenvalue weighted by atomic mass is 10.2. The number of carbonyl (C=O) groups is 3. The lowest BCUT2D eigenvalue weighted by Crippen LogP contribution is -2.34. The van der Waals surface area contributed by atoms with Crippen molar-refractivity contribution in [3.63, 3.8) is 0 Å². The maximum Gasteiger partial charge on any atom is 0.308 e. The van der Waals surface area contributed by atoms with E-state index in [4.69, 9.17) is 4.74 Å². The number of amides is 2. The molecule has 2 N–H and O–H groups in total. The van der Waals surface area contributed by atoms with E-state index < -0.39 is 23.2 Å². The fraction of sp³-hybridized carbons (Fsp3) is 0.368. The van der Waals surface area contributed by atoms with Crippen molar-refractivity contribution in [1.29, 1.82) is 0 Å². The van der Waals surface area contributed by atoms with Crippen molar-refractivity contribution in [3.8, 4) is 0 Å². The standard InChI is InChI=1S/C19H22N4O4S/c1-11(2)23-16(8-9-20-23)22-18(25)12(3)27-17(24)10-15-19(26)21-13-6-4-5-7-14(13)28-15/h4-9,11-12,15H,10H2,1-3H3,(H,21,26)(H,22,25)/t12-,15-/m1/s1. The summed E-state index contributed by atoms with van der Waals surface area (Å²) in [5, 5.41) is 9.03. The number of aromatic nitrogens is 2. The van der Waals surface area contributed by atoms with Crippen molar-refractivity contribution in [3.05, 3.63) is 36.5 Å². The van der Waals surface area contributed by atoms with E-state index in [1.54, 1.807) is 16.9 Å². The second-order valence-electron chi connectivity index (χ2n) is 6.67. The van der Waals surface area contributed by atoms with Gasteiger partial charge in [-0.15, -0.1) is 11.8 Å². The summed E-state index contributed by atoms with van der Waals surface area (Å²) < 4.78 is 6.89. The highest BCUT2D eigenvalue weighted by molar-refractivity contribution is 8.01. The Morgan fingerprint density at radius 2 is 2.04 bits per heavy atom. The smallest absolute Gasteiger partial charge is 0.308 e. The minimum absolute atomic E-state index is 0.0767. The molecule has 0 saturated carbocycles. The third-order valence-corrected chi connectivity index (χ3v) is 5.42. The maximum atomic E-state index is 12.3. The fourth-order valence-electron chi connectivity index (χ4n) is 2.73. The molecule has 2 amide bonds. The predicted molar refractivity (Wildman–Crippen MR) is 106 cm³/mol. The summed E-state index contributed by atoms with van der Waals surface area (Å²) in [5.74, 6) is -0.783. The molecule has 1 aromatic carbocycles. The molecule has 2 heterocycles. The number of thioether (sulfide) groups is 1. The van der Waals surface area contributed by atoms with Gasteiger partial charge >= 0.3 is 5.97 Å². The number of hydrogen-bond donors (Lipinski definition) is 2. The van der Waals surface area contributed by atoms with E-state index in [2.05, 4.69) is 15.7 Å². The molecule has 0 aliphatic carbocycles. The number of benzene rings is 1. The van der Waals surface area contributed by atoms with Crippen LogP contribution in [0.25, 0.3) is 0 Å².